The molecule has 0 aliphatic heterocycles. The van der Waals surface area contributed by atoms with E-state index in [1.54, 1.807) is 11.8 Å². The fraction of sp³-hybridized carbons (Fsp3) is 0.538. The number of hydrogen-bond acceptors (Lipinski definition) is 3. The molecule has 1 aromatic carbocycles. The monoisotopic (exact) mass is 240 g/mol. The van der Waals surface area contributed by atoms with E-state index < -0.39 is 0 Å². The van der Waals surface area contributed by atoms with E-state index in [0.29, 0.717) is 6.61 Å². The molecule has 2 nitrogen and oxygen atoms in total. The predicted molar refractivity (Wildman–Crippen MR) is 69.7 cm³/mol. The van der Waals surface area contributed by atoms with Crippen LogP contribution in [0.5, 0.6) is 0 Å². The Hall–Kier alpha value is -0.510. The van der Waals surface area contributed by atoms with Crippen LogP contribution in [0.3, 0.4) is 0 Å². The maximum Gasteiger partial charge on any atom is 0.0918 e. The van der Waals surface area contributed by atoms with Crippen molar-refractivity contribution in [3.8, 4) is 0 Å². The highest BCUT2D eigenvalue weighted by atomic mass is 32.2. The average molecular weight is 240 g/mol. The number of ether oxygens (including phenoxy) is 2. The van der Waals surface area contributed by atoms with Crippen molar-refractivity contribution >= 4 is 11.8 Å². The van der Waals surface area contributed by atoms with E-state index in [1.165, 1.54) is 5.56 Å². The van der Waals surface area contributed by atoms with Crippen molar-refractivity contribution in [2.45, 2.75) is 19.4 Å². The lowest BCUT2D eigenvalue weighted by Crippen LogP contribution is -1.99. The van der Waals surface area contributed by atoms with Gasteiger partial charge in [0.1, 0.15) is 0 Å². The van der Waals surface area contributed by atoms with E-state index in [9.17, 15) is 0 Å². The molecule has 0 spiro atoms. The van der Waals surface area contributed by atoms with Crippen molar-refractivity contribution in [2.75, 3.05) is 25.4 Å². The molecule has 0 bridgehead atoms. The molecule has 3 heteroatoms. The molecule has 0 aromatic heterocycles. The third-order valence-electron chi connectivity index (χ3n) is 2.14. The summed E-state index contributed by atoms with van der Waals surface area (Å²) in [5.41, 5.74) is 1.24. The van der Waals surface area contributed by atoms with Gasteiger partial charge < -0.3 is 9.47 Å². The molecule has 0 heterocycles. The van der Waals surface area contributed by atoms with Crippen molar-refractivity contribution in [2.24, 2.45) is 0 Å². The summed E-state index contributed by atoms with van der Waals surface area (Å²) in [6.07, 6.45) is 4.19. The summed E-state index contributed by atoms with van der Waals surface area (Å²) in [7, 11) is 0. The van der Waals surface area contributed by atoms with Crippen LogP contribution in [0, 0.1) is 0 Å². The molecule has 0 N–H and O–H groups in total. The second kappa shape index (κ2) is 9.70. The fourth-order valence-corrected chi connectivity index (χ4v) is 1.60. The van der Waals surface area contributed by atoms with Crippen molar-refractivity contribution in [1.29, 1.82) is 0 Å². The molecule has 0 saturated heterocycles. The first-order chi connectivity index (χ1) is 7.93. The maximum atomic E-state index is 5.57. The lowest BCUT2D eigenvalue weighted by Gasteiger charge is -2.04. The summed E-state index contributed by atoms with van der Waals surface area (Å²) in [4.78, 5) is 0. The minimum Gasteiger partial charge on any atom is -0.377 e. The summed E-state index contributed by atoms with van der Waals surface area (Å²) < 4.78 is 10.9. The minimum absolute atomic E-state index is 0.715. The zero-order valence-electron chi connectivity index (χ0n) is 9.85. The van der Waals surface area contributed by atoms with Crippen LogP contribution in [-0.4, -0.2) is 25.4 Å². The van der Waals surface area contributed by atoms with Gasteiger partial charge in [-0.15, -0.1) is 11.8 Å². The largest absolute Gasteiger partial charge is 0.377 e. The van der Waals surface area contributed by atoms with Gasteiger partial charge in [0.25, 0.3) is 0 Å². The number of thioether (sulfide) groups is 1. The van der Waals surface area contributed by atoms with Gasteiger partial charge in [0.05, 0.1) is 12.5 Å². The van der Waals surface area contributed by atoms with Crippen LogP contribution < -0.4 is 0 Å². The molecule has 0 saturated carbocycles. The Morgan fingerprint density at radius 3 is 2.38 bits per heavy atom. The normalized spacial score (nSPS) is 10.6. The maximum absolute atomic E-state index is 5.57. The SMILES string of the molecule is CSCOCCCCOCc1ccccc1. The van der Waals surface area contributed by atoms with E-state index in [4.69, 9.17) is 9.47 Å². The molecule has 0 aliphatic rings. The van der Waals surface area contributed by atoms with Gasteiger partial charge in [-0.2, -0.15) is 0 Å². The molecule has 1 aromatic rings. The fourth-order valence-electron chi connectivity index (χ4n) is 1.31. The lowest BCUT2D eigenvalue weighted by molar-refractivity contribution is 0.106. The van der Waals surface area contributed by atoms with Gasteiger partial charge >= 0.3 is 0 Å². The van der Waals surface area contributed by atoms with E-state index in [-0.39, 0.29) is 0 Å². The second-order valence-corrected chi connectivity index (χ2v) is 4.37. The van der Waals surface area contributed by atoms with Gasteiger partial charge in [0, 0.05) is 13.2 Å². The molecular formula is C13H20O2S. The molecule has 0 atom stereocenters. The Kier molecular flexibility index (Phi) is 8.22. The number of rotatable bonds is 9. The molecule has 90 valence electrons. The van der Waals surface area contributed by atoms with E-state index >= 15 is 0 Å². The van der Waals surface area contributed by atoms with E-state index in [1.807, 2.05) is 24.5 Å². The van der Waals surface area contributed by atoms with Crippen LogP contribution in [0.4, 0.5) is 0 Å². The van der Waals surface area contributed by atoms with E-state index in [2.05, 4.69) is 12.1 Å². The highest BCUT2D eigenvalue weighted by Gasteiger charge is 1.92. The quantitative estimate of drug-likeness (QED) is 0.487. The first kappa shape index (κ1) is 13.6. The van der Waals surface area contributed by atoms with Crippen LogP contribution in [-0.2, 0) is 16.1 Å². The summed E-state index contributed by atoms with van der Waals surface area (Å²) in [6.45, 7) is 2.37. The molecule has 0 radical (unpaired) electrons. The first-order valence-electron chi connectivity index (χ1n) is 5.62. The van der Waals surface area contributed by atoms with Crippen molar-refractivity contribution in [1.82, 2.24) is 0 Å². The zero-order chi connectivity index (χ0) is 11.5. The third kappa shape index (κ3) is 6.88. The van der Waals surface area contributed by atoms with Gasteiger partial charge in [-0.3, -0.25) is 0 Å². The summed E-state index contributed by atoms with van der Waals surface area (Å²) >= 11 is 1.71. The molecule has 0 fully saturated rings. The summed E-state index contributed by atoms with van der Waals surface area (Å²) in [6, 6.07) is 10.3. The Morgan fingerprint density at radius 1 is 1.00 bits per heavy atom. The Bertz CT molecular complexity index is 251. The minimum atomic E-state index is 0.715. The standard InChI is InChI=1S/C13H20O2S/c1-16-12-15-10-6-5-9-14-11-13-7-3-2-4-8-13/h2-4,7-8H,5-6,9-12H2,1H3. The smallest absolute Gasteiger partial charge is 0.0918 e. The Morgan fingerprint density at radius 2 is 1.69 bits per heavy atom. The second-order valence-electron chi connectivity index (χ2n) is 3.56. The molecule has 16 heavy (non-hydrogen) atoms. The van der Waals surface area contributed by atoms with Crippen LogP contribution in [0.15, 0.2) is 30.3 Å². The molecule has 1 rings (SSSR count). The van der Waals surface area contributed by atoms with E-state index in [0.717, 1.165) is 32.0 Å². The summed E-state index contributed by atoms with van der Waals surface area (Å²) in [5, 5.41) is 0. The van der Waals surface area contributed by atoms with Crippen molar-refractivity contribution in [3.05, 3.63) is 35.9 Å². The molecular weight excluding hydrogens is 220 g/mol. The number of benzene rings is 1. The Labute approximate surface area is 102 Å². The van der Waals surface area contributed by atoms with Crippen LogP contribution in [0.1, 0.15) is 18.4 Å². The van der Waals surface area contributed by atoms with Gasteiger partial charge in [0.2, 0.25) is 0 Å². The van der Waals surface area contributed by atoms with Gasteiger partial charge in [0.15, 0.2) is 0 Å². The number of unbranched alkanes of at least 4 members (excludes halogenated alkanes) is 1. The highest BCUT2D eigenvalue weighted by molar-refractivity contribution is 7.98. The predicted octanol–water partition coefficient (Wildman–Crippen LogP) is 3.32. The number of hydrogen-bond donors (Lipinski definition) is 0. The zero-order valence-corrected chi connectivity index (χ0v) is 10.7. The first-order valence-corrected chi connectivity index (χ1v) is 7.01. The third-order valence-corrected chi connectivity index (χ3v) is 2.54. The Balaban J connectivity index is 1.89. The topological polar surface area (TPSA) is 18.5 Å². The molecule has 0 unspecified atom stereocenters. The van der Waals surface area contributed by atoms with Gasteiger partial charge in [-0.25, -0.2) is 0 Å². The van der Waals surface area contributed by atoms with Gasteiger partial charge in [-0.1, -0.05) is 30.3 Å². The lowest BCUT2D eigenvalue weighted by atomic mass is 10.2. The molecule has 0 amide bonds. The van der Waals surface area contributed by atoms with Crippen molar-refractivity contribution in [3.63, 3.8) is 0 Å². The van der Waals surface area contributed by atoms with Gasteiger partial charge in [-0.05, 0) is 24.7 Å². The van der Waals surface area contributed by atoms with Crippen LogP contribution in [0.2, 0.25) is 0 Å². The summed E-state index contributed by atoms with van der Waals surface area (Å²) in [5.74, 6) is 0.797. The highest BCUT2D eigenvalue weighted by Crippen LogP contribution is 2.02. The molecule has 0 aliphatic carbocycles. The van der Waals surface area contributed by atoms with Crippen molar-refractivity contribution < 1.29 is 9.47 Å². The van der Waals surface area contributed by atoms with Crippen LogP contribution in [0.25, 0.3) is 0 Å². The van der Waals surface area contributed by atoms with Crippen LogP contribution >= 0.6 is 11.8 Å². The average Bonchev–Trinajstić information content (AvgIpc) is 2.34.